The molecule has 0 saturated heterocycles. The van der Waals surface area contributed by atoms with Crippen LogP contribution in [0.1, 0.15) is 16.1 Å². The van der Waals surface area contributed by atoms with Gasteiger partial charge in [-0.2, -0.15) is 0 Å². The van der Waals surface area contributed by atoms with Crippen LogP contribution in [0.2, 0.25) is 0 Å². The first-order chi connectivity index (χ1) is 12.6. The van der Waals surface area contributed by atoms with E-state index in [-0.39, 0.29) is 12.5 Å². The summed E-state index contributed by atoms with van der Waals surface area (Å²) in [4.78, 5) is 24.6. The third-order valence-corrected chi connectivity index (χ3v) is 3.43. The zero-order valence-corrected chi connectivity index (χ0v) is 14.1. The molecule has 0 fully saturated rings. The molecule has 0 aliphatic rings. The molecular weight excluding hydrogens is 334 g/mol. The molecule has 1 heterocycles. The highest BCUT2D eigenvalue weighted by Gasteiger charge is 2.15. The first kappa shape index (κ1) is 17.2. The van der Waals surface area contributed by atoms with E-state index in [2.05, 4.69) is 15.8 Å². The fourth-order valence-electron chi connectivity index (χ4n) is 2.25. The van der Waals surface area contributed by atoms with Crippen molar-refractivity contribution in [3.63, 3.8) is 0 Å². The Morgan fingerprint density at radius 1 is 1.04 bits per heavy atom. The third-order valence-electron chi connectivity index (χ3n) is 3.43. The van der Waals surface area contributed by atoms with Crippen LogP contribution >= 0.6 is 0 Å². The number of benzene rings is 2. The molecule has 7 heteroatoms. The Hall–Kier alpha value is -3.61. The van der Waals surface area contributed by atoms with Gasteiger partial charge in [0.15, 0.2) is 12.4 Å². The molecule has 0 radical (unpaired) electrons. The highest BCUT2D eigenvalue weighted by atomic mass is 16.5. The standard InChI is InChI=1S/C19H17N3O4/c1-13-11-17(22-26-13)21-19(24)15-9-5-6-10-16(15)20-18(23)12-25-14-7-3-2-4-8-14/h2-11H,12H2,1H3,(H,20,23)(H,21,22,24). The summed E-state index contributed by atoms with van der Waals surface area (Å²) >= 11 is 0. The molecule has 1 aromatic heterocycles. The molecule has 0 atom stereocenters. The van der Waals surface area contributed by atoms with Crippen LogP contribution in [-0.4, -0.2) is 23.6 Å². The van der Waals surface area contributed by atoms with E-state index in [9.17, 15) is 9.59 Å². The highest BCUT2D eigenvalue weighted by Crippen LogP contribution is 2.18. The molecule has 3 aromatic rings. The summed E-state index contributed by atoms with van der Waals surface area (Å²) in [6.45, 7) is 1.56. The lowest BCUT2D eigenvalue weighted by molar-refractivity contribution is -0.118. The van der Waals surface area contributed by atoms with Crippen LogP contribution < -0.4 is 15.4 Å². The van der Waals surface area contributed by atoms with Crippen LogP contribution in [0.4, 0.5) is 11.5 Å². The molecule has 0 spiro atoms. The van der Waals surface area contributed by atoms with E-state index >= 15 is 0 Å². The summed E-state index contributed by atoms with van der Waals surface area (Å²) in [5, 5.41) is 9.03. The van der Waals surface area contributed by atoms with Gasteiger partial charge in [-0.15, -0.1) is 0 Å². The van der Waals surface area contributed by atoms with Gasteiger partial charge in [-0.3, -0.25) is 9.59 Å². The third kappa shape index (κ3) is 4.47. The minimum atomic E-state index is -0.404. The lowest BCUT2D eigenvalue weighted by Crippen LogP contribution is -2.22. The maximum atomic E-state index is 12.4. The first-order valence-electron chi connectivity index (χ1n) is 7.93. The molecule has 2 N–H and O–H groups in total. The summed E-state index contributed by atoms with van der Waals surface area (Å²) < 4.78 is 10.3. The number of hydrogen-bond donors (Lipinski definition) is 2. The van der Waals surface area contributed by atoms with E-state index in [1.807, 2.05) is 18.2 Å². The molecule has 0 aliphatic carbocycles. The van der Waals surface area contributed by atoms with E-state index in [1.165, 1.54) is 0 Å². The number of para-hydroxylation sites is 2. The second-order valence-corrected chi connectivity index (χ2v) is 5.47. The second-order valence-electron chi connectivity index (χ2n) is 5.47. The Bertz CT molecular complexity index is 906. The van der Waals surface area contributed by atoms with Gasteiger partial charge in [0.25, 0.3) is 11.8 Å². The summed E-state index contributed by atoms with van der Waals surface area (Å²) in [6.07, 6.45) is 0. The van der Waals surface area contributed by atoms with Gasteiger partial charge in [-0.25, -0.2) is 0 Å². The van der Waals surface area contributed by atoms with Crippen molar-refractivity contribution in [2.75, 3.05) is 17.2 Å². The summed E-state index contributed by atoms with van der Waals surface area (Å²) in [5.41, 5.74) is 0.688. The Morgan fingerprint density at radius 2 is 1.77 bits per heavy atom. The van der Waals surface area contributed by atoms with Gasteiger partial charge >= 0.3 is 0 Å². The second kappa shape index (κ2) is 7.98. The zero-order valence-electron chi connectivity index (χ0n) is 14.1. The molecule has 2 aromatic carbocycles. The molecule has 0 unspecified atom stereocenters. The number of ether oxygens (including phenoxy) is 1. The summed E-state index contributed by atoms with van der Waals surface area (Å²) in [7, 11) is 0. The van der Waals surface area contributed by atoms with Crippen molar-refractivity contribution >= 4 is 23.3 Å². The Morgan fingerprint density at radius 3 is 2.50 bits per heavy atom. The van der Waals surface area contributed by atoms with Crippen molar-refractivity contribution < 1.29 is 18.8 Å². The highest BCUT2D eigenvalue weighted by molar-refractivity contribution is 6.09. The van der Waals surface area contributed by atoms with Gasteiger partial charge in [-0.1, -0.05) is 35.5 Å². The van der Waals surface area contributed by atoms with E-state index in [0.717, 1.165) is 0 Å². The van der Waals surface area contributed by atoms with Gasteiger partial charge < -0.3 is 19.9 Å². The average Bonchev–Trinajstić information content (AvgIpc) is 3.06. The molecule has 0 aliphatic heterocycles. The van der Waals surface area contributed by atoms with E-state index in [0.29, 0.717) is 28.6 Å². The average molecular weight is 351 g/mol. The molecule has 3 rings (SSSR count). The maximum absolute atomic E-state index is 12.4. The summed E-state index contributed by atoms with van der Waals surface area (Å²) in [6, 6.07) is 17.3. The number of aromatic nitrogens is 1. The number of carbonyl (C=O) groups is 2. The van der Waals surface area contributed by atoms with Crippen molar-refractivity contribution in [3.8, 4) is 5.75 Å². The van der Waals surface area contributed by atoms with Gasteiger partial charge in [0.05, 0.1) is 11.3 Å². The normalized spacial score (nSPS) is 10.2. The van der Waals surface area contributed by atoms with Crippen molar-refractivity contribution in [2.24, 2.45) is 0 Å². The van der Waals surface area contributed by atoms with Gasteiger partial charge in [0.2, 0.25) is 0 Å². The predicted molar refractivity (Wildman–Crippen MR) is 96.2 cm³/mol. The maximum Gasteiger partial charge on any atom is 0.262 e. The van der Waals surface area contributed by atoms with Crippen LogP contribution in [0, 0.1) is 6.92 Å². The molecule has 0 bridgehead atoms. The van der Waals surface area contributed by atoms with Crippen LogP contribution in [0.5, 0.6) is 5.75 Å². The van der Waals surface area contributed by atoms with Gasteiger partial charge in [0.1, 0.15) is 11.5 Å². The monoisotopic (exact) mass is 351 g/mol. The number of hydrogen-bond acceptors (Lipinski definition) is 5. The SMILES string of the molecule is Cc1cc(NC(=O)c2ccccc2NC(=O)COc2ccccc2)no1. The van der Waals surface area contributed by atoms with Crippen LogP contribution in [0.25, 0.3) is 0 Å². The molecular formula is C19H17N3O4. The fraction of sp³-hybridized carbons (Fsp3) is 0.105. The molecule has 26 heavy (non-hydrogen) atoms. The smallest absolute Gasteiger partial charge is 0.262 e. The number of nitrogens with zero attached hydrogens (tertiary/aromatic N) is 1. The van der Waals surface area contributed by atoms with Crippen molar-refractivity contribution in [2.45, 2.75) is 6.92 Å². The van der Waals surface area contributed by atoms with Crippen LogP contribution in [0.3, 0.4) is 0 Å². The van der Waals surface area contributed by atoms with Crippen molar-refractivity contribution in [3.05, 3.63) is 72.0 Å². The molecule has 132 valence electrons. The lowest BCUT2D eigenvalue weighted by Gasteiger charge is -2.11. The number of nitrogens with one attached hydrogen (secondary N) is 2. The number of carbonyl (C=O) groups excluding carboxylic acids is 2. The lowest BCUT2D eigenvalue weighted by atomic mass is 10.1. The number of anilines is 2. The summed E-state index contributed by atoms with van der Waals surface area (Å²) in [5.74, 6) is 0.709. The molecule has 7 nitrogen and oxygen atoms in total. The number of amides is 2. The predicted octanol–water partition coefficient (Wildman–Crippen LogP) is 3.25. The first-order valence-corrected chi connectivity index (χ1v) is 7.93. The number of rotatable bonds is 6. The van der Waals surface area contributed by atoms with Crippen molar-refractivity contribution in [1.29, 1.82) is 0 Å². The Kier molecular flexibility index (Phi) is 5.28. The van der Waals surface area contributed by atoms with Crippen LogP contribution in [-0.2, 0) is 4.79 Å². The quantitative estimate of drug-likeness (QED) is 0.711. The van der Waals surface area contributed by atoms with E-state index in [4.69, 9.17) is 9.26 Å². The van der Waals surface area contributed by atoms with Gasteiger partial charge in [-0.05, 0) is 31.2 Å². The molecule has 2 amide bonds. The topological polar surface area (TPSA) is 93.5 Å². The van der Waals surface area contributed by atoms with Gasteiger partial charge in [0, 0.05) is 6.07 Å². The zero-order chi connectivity index (χ0) is 18.4. The largest absolute Gasteiger partial charge is 0.484 e. The van der Waals surface area contributed by atoms with E-state index < -0.39 is 5.91 Å². The Labute approximate surface area is 150 Å². The van der Waals surface area contributed by atoms with E-state index in [1.54, 1.807) is 49.4 Å². The number of aryl methyl sites for hydroxylation is 1. The minimum Gasteiger partial charge on any atom is -0.484 e. The fourth-order valence-corrected chi connectivity index (χ4v) is 2.25. The van der Waals surface area contributed by atoms with Crippen LogP contribution in [0.15, 0.2) is 65.2 Å². The Balaban J connectivity index is 1.64. The minimum absolute atomic E-state index is 0.164. The van der Waals surface area contributed by atoms with Crippen molar-refractivity contribution in [1.82, 2.24) is 5.16 Å². The molecule has 0 saturated carbocycles.